The average Bonchev–Trinajstić information content (AvgIpc) is 3.58. The molecule has 2 aliphatic rings. The molecule has 4 rings (SSSR count). The maximum atomic E-state index is 13.3. The number of thioether (sulfide) groups is 2. The summed E-state index contributed by atoms with van der Waals surface area (Å²) in [6.45, 7) is 13.1. The summed E-state index contributed by atoms with van der Waals surface area (Å²) in [5.74, 6) is -0.906. The number of amides is 6. The van der Waals surface area contributed by atoms with Crippen molar-refractivity contribution in [3.63, 3.8) is 0 Å². The Morgan fingerprint density at radius 3 is 1.83 bits per heavy atom. The molecule has 2 aromatic rings. The van der Waals surface area contributed by atoms with Gasteiger partial charge in [0.2, 0.25) is 11.8 Å². The lowest BCUT2D eigenvalue weighted by Gasteiger charge is -2.21. The number of aryl methyl sites for hydroxylation is 2. The topological polar surface area (TPSA) is 147 Å². The van der Waals surface area contributed by atoms with E-state index < -0.39 is 42.5 Å². The number of carbonyl (C=O) groups excluding carboxylic acids is 4. The van der Waals surface area contributed by atoms with Crippen molar-refractivity contribution in [1.82, 2.24) is 5.32 Å². The molecule has 2 aliphatic heterocycles. The van der Waals surface area contributed by atoms with Crippen LogP contribution in [0, 0.1) is 13.8 Å². The van der Waals surface area contributed by atoms with E-state index in [1.807, 2.05) is 27.7 Å². The average molecular weight is 785 g/mol. The summed E-state index contributed by atoms with van der Waals surface area (Å²) in [6, 6.07) is 6.55. The van der Waals surface area contributed by atoms with Crippen molar-refractivity contribution in [2.24, 2.45) is 15.7 Å². The number of nitrogens with zero attached hydrogens (tertiary/aromatic N) is 4. The molecule has 0 spiro atoms. The number of aliphatic imine (C=N–C) groups is 2. The number of nitrogens with two attached hydrogens (primary N) is 1. The zero-order chi connectivity index (χ0) is 40.0. The Kier molecular flexibility index (Phi) is 18.4. The molecule has 0 saturated carbocycles. The highest BCUT2D eigenvalue weighted by molar-refractivity contribution is 8.15. The van der Waals surface area contributed by atoms with Crippen LogP contribution in [0.25, 0.3) is 0 Å². The van der Waals surface area contributed by atoms with Crippen LogP contribution in [-0.4, -0.2) is 64.5 Å². The van der Waals surface area contributed by atoms with E-state index in [0.717, 1.165) is 40.1 Å². The number of amidine groups is 2. The molecule has 292 valence electrons. The van der Waals surface area contributed by atoms with Crippen LogP contribution >= 0.6 is 23.5 Å². The van der Waals surface area contributed by atoms with Crippen LogP contribution in [0.3, 0.4) is 0 Å². The second-order valence-electron chi connectivity index (χ2n) is 10.5. The maximum Gasteiger partial charge on any atom is 0.418 e. The second kappa shape index (κ2) is 20.8. The van der Waals surface area contributed by atoms with E-state index >= 15 is 0 Å². The number of anilines is 2. The molecular weight excluding hydrogens is 739 g/mol. The number of alkyl halides is 6. The molecule has 2 heterocycles. The number of ether oxygens (including phenoxy) is 1. The van der Waals surface area contributed by atoms with Crippen LogP contribution in [0.5, 0.6) is 0 Å². The SMILES string of the molecule is CC.CC.Cc1ccc(C(F)(F)F)c(N2C(=O)CS/C2=N\C(=O)NC(C)C)c1.Cc1ccc(COCC(F)(F)F)c(N2C(=O)CS/C2=N\C(N)=O)c1.[HH].[HH]. The number of benzene rings is 2. The summed E-state index contributed by atoms with van der Waals surface area (Å²) >= 11 is 1.96. The molecular formula is C33H46F6N6O5S2. The van der Waals surface area contributed by atoms with E-state index in [1.165, 1.54) is 17.0 Å². The first-order chi connectivity index (χ1) is 24.3. The standard InChI is InChI=1S/C15H16F3N3O2S.C14H14F3N3O3S.2C2H6.2H2/c1-8(2)19-13(23)20-14-21(12(22)7-24-14)11-6-9(3)4-5-10(11)15(16,17)18;1-8-2-3-9(5-23-7-14(15,16)17)10(4-8)20-11(21)6-24-13(20)19-12(18)22;2*1-2;;/h4-6,8H,7H2,1-3H3,(H,19,23);2-4H,5-7H2,1H3,(H2,18,22);2*1-2H3;2*1H/b20-14-;19-13-;;;;. The van der Waals surface area contributed by atoms with E-state index in [0.29, 0.717) is 16.8 Å². The third-order valence-corrected chi connectivity index (χ3v) is 7.90. The van der Waals surface area contributed by atoms with Gasteiger partial charge in [-0.3, -0.25) is 19.4 Å². The molecule has 0 atom stereocenters. The largest absolute Gasteiger partial charge is 0.418 e. The highest BCUT2D eigenvalue weighted by atomic mass is 32.2. The third kappa shape index (κ3) is 14.1. The number of halogens is 6. The normalized spacial score (nSPS) is 15.9. The summed E-state index contributed by atoms with van der Waals surface area (Å²) < 4.78 is 81.1. The molecule has 0 unspecified atom stereocenters. The van der Waals surface area contributed by atoms with Gasteiger partial charge in [-0.05, 0) is 57.0 Å². The zero-order valence-electron chi connectivity index (χ0n) is 29.9. The minimum absolute atomic E-state index is 0. The molecule has 2 aromatic carbocycles. The Labute approximate surface area is 309 Å². The molecule has 0 aromatic heterocycles. The molecule has 0 aliphatic carbocycles. The van der Waals surface area contributed by atoms with Gasteiger partial charge in [-0.1, -0.05) is 69.4 Å². The summed E-state index contributed by atoms with van der Waals surface area (Å²) in [5, 5.41) is 2.54. The summed E-state index contributed by atoms with van der Waals surface area (Å²) in [4.78, 5) is 56.4. The predicted molar refractivity (Wildman–Crippen MR) is 198 cm³/mol. The minimum Gasteiger partial charge on any atom is -0.367 e. The van der Waals surface area contributed by atoms with E-state index in [1.54, 1.807) is 45.9 Å². The Morgan fingerprint density at radius 1 is 0.865 bits per heavy atom. The number of nitrogens with one attached hydrogen (secondary N) is 1. The van der Waals surface area contributed by atoms with Crippen molar-refractivity contribution >= 4 is 69.1 Å². The molecule has 0 bridgehead atoms. The first-order valence-corrected chi connectivity index (χ1v) is 17.8. The number of rotatable bonds is 6. The number of urea groups is 2. The smallest absolute Gasteiger partial charge is 0.367 e. The fourth-order valence-electron chi connectivity index (χ4n) is 4.17. The van der Waals surface area contributed by atoms with Crippen molar-refractivity contribution in [3.05, 3.63) is 58.7 Å². The van der Waals surface area contributed by atoms with Crippen LogP contribution in [-0.2, 0) is 27.1 Å². The van der Waals surface area contributed by atoms with Gasteiger partial charge in [0.15, 0.2) is 10.3 Å². The molecule has 19 heteroatoms. The van der Waals surface area contributed by atoms with Crippen molar-refractivity contribution in [2.45, 2.75) is 80.4 Å². The first-order valence-electron chi connectivity index (χ1n) is 15.9. The second-order valence-corrected chi connectivity index (χ2v) is 12.4. The predicted octanol–water partition coefficient (Wildman–Crippen LogP) is 8.70. The summed E-state index contributed by atoms with van der Waals surface area (Å²) in [6.07, 6.45) is -9.06. The fraction of sp³-hybridized carbons (Fsp3) is 0.455. The van der Waals surface area contributed by atoms with Gasteiger partial charge in [0.1, 0.15) is 6.61 Å². The highest BCUT2D eigenvalue weighted by Gasteiger charge is 2.40. The lowest BCUT2D eigenvalue weighted by molar-refractivity contribution is -0.176. The lowest BCUT2D eigenvalue weighted by Crippen LogP contribution is -2.34. The molecule has 3 N–H and O–H groups in total. The summed E-state index contributed by atoms with van der Waals surface area (Å²) in [7, 11) is 0. The van der Waals surface area contributed by atoms with E-state index in [9.17, 15) is 45.5 Å². The van der Waals surface area contributed by atoms with E-state index in [-0.39, 0.29) is 48.9 Å². The van der Waals surface area contributed by atoms with Gasteiger partial charge >= 0.3 is 24.4 Å². The first kappa shape index (κ1) is 45.9. The third-order valence-electron chi connectivity index (χ3n) is 6.05. The maximum absolute atomic E-state index is 13.3. The Bertz CT molecular complexity index is 1650. The van der Waals surface area contributed by atoms with Crippen molar-refractivity contribution < 1.29 is 53.1 Å². The van der Waals surface area contributed by atoms with Gasteiger partial charge in [-0.2, -0.15) is 36.3 Å². The molecule has 6 amide bonds. The number of primary amides is 1. The van der Waals surface area contributed by atoms with Crippen molar-refractivity contribution in [3.8, 4) is 0 Å². The van der Waals surface area contributed by atoms with Crippen LogP contribution in [0.1, 0.15) is 66.6 Å². The molecule has 2 fully saturated rings. The number of hydrogen-bond donors (Lipinski definition) is 2. The van der Waals surface area contributed by atoms with E-state index in [4.69, 9.17) is 5.73 Å². The minimum atomic E-state index is -4.62. The molecule has 2 saturated heterocycles. The Hall–Kier alpha value is -4.10. The van der Waals surface area contributed by atoms with Crippen LogP contribution < -0.4 is 20.9 Å². The van der Waals surface area contributed by atoms with Crippen molar-refractivity contribution in [1.29, 1.82) is 0 Å². The van der Waals surface area contributed by atoms with Crippen LogP contribution in [0.15, 0.2) is 46.4 Å². The Morgan fingerprint density at radius 2 is 1.35 bits per heavy atom. The van der Waals surface area contributed by atoms with Crippen LogP contribution in [0.4, 0.5) is 47.3 Å². The number of carbonyl (C=O) groups is 4. The van der Waals surface area contributed by atoms with Gasteiger partial charge in [-0.15, -0.1) is 0 Å². The van der Waals surface area contributed by atoms with Crippen LogP contribution in [0.2, 0.25) is 0 Å². The van der Waals surface area contributed by atoms with Gasteiger partial charge < -0.3 is 15.8 Å². The quantitative estimate of drug-likeness (QED) is 0.279. The monoisotopic (exact) mass is 784 g/mol. The van der Waals surface area contributed by atoms with Gasteiger partial charge in [0.25, 0.3) is 0 Å². The van der Waals surface area contributed by atoms with Crippen molar-refractivity contribution in [2.75, 3.05) is 27.9 Å². The molecule has 52 heavy (non-hydrogen) atoms. The van der Waals surface area contributed by atoms with Gasteiger partial charge in [0, 0.05) is 14.5 Å². The summed E-state index contributed by atoms with van der Waals surface area (Å²) in [5.41, 5.74) is 5.82. The fourth-order valence-corrected chi connectivity index (χ4v) is 5.89. The van der Waals surface area contributed by atoms with Gasteiger partial charge in [0.05, 0.1) is 35.1 Å². The zero-order valence-corrected chi connectivity index (χ0v) is 31.5. The lowest BCUT2D eigenvalue weighted by atomic mass is 10.1. The molecule has 11 nitrogen and oxygen atoms in total. The van der Waals surface area contributed by atoms with Gasteiger partial charge in [-0.25, -0.2) is 9.59 Å². The Balaban J connectivity index is 0. The van der Waals surface area contributed by atoms with E-state index in [2.05, 4.69) is 20.0 Å². The number of hydrogen-bond acceptors (Lipinski definition) is 7. The highest BCUT2D eigenvalue weighted by Crippen LogP contribution is 2.40. The molecule has 0 radical (unpaired) electrons.